The van der Waals surface area contributed by atoms with Gasteiger partial charge >= 0.3 is 0 Å². The summed E-state index contributed by atoms with van der Waals surface area (Å²) in [5.74, 6) is 0. The maximum Gasteiger partial charge on any atom is 0.0997 e. The number of hydrogen-bond donors (Lipinski definition) is 1. The van der Waals surface area contributed by atoms with E-state index in [1.807, 2.05) is 13.0 Å². The molecule has 0 saturated heterocycles. The fourth-order valence-corrected chi connectivity index (χ4v) is 2.79. The average molecular weight is 273 g/mol. The molecule has 1 N–H and O–H groups in total. The van der Waals surface area contributed by atoms with E-state index in [9.17, 15) is 0 Å². The quantitative estimate of drug-likeness (QED) is 0.657. The van der Waals surface area contributed by atoms with Gasteiger partial charge < -0.3 is 9.84 Å². The van der Waals surface area contributed by atoms with Gasteiger partial charge in [0.15, 0.2) is 0 Å². The summed E-state index contributed by atoms with van der Waals surface area (Å²) in [5, 5.41) is 8.85. The minimum Gasteiger partial charge on any atom is -0.516 e. The van der Waals surface area contributed by atoms with E-state index < -0.39 is 0 Å². The third kappa shape index (κ3) is 3.30. The molecule has 1 aromatic rings. The summed E-state index contributed by atoms with van der Waals surface area (Å²) >= 11 is 0. The second kappa shape index (κ2) is 7.27. The highest BCUT2D eigenvalue weighted by molar-refractivity contribution is 5.38. The second-order valence-corrected chi connectivity index (χ2v) is 5.04. The molecule has 1 atom stereocenters. The van der Waals surface area contributed by atoms with Crippen molar-refractivity contribution in [1.29, 1.82) is 0 Å². The normalized spacial score (nSPS) is 20.3. The SMILES string of the molecule is CCOCN1CCc2ccccc2C1/C(C)=C/C=C\O. The highest BCUT2D eigenvalue weighted by Crippen LogP contribution is 2.34. The lowest BCUT2D eigenvalue weighted by molar-refractivity contribution is 0.0142. The van der Waals surface area contributed by atoms with Gasteiger partial charge in [-0.1, -0.05) is 35.9 Å². The molecular weight excluding hydrogens is 250 g/mol. The fourth-order valence-electron chi connectivity index (χ4n) is 2.79. The van der Waals surface area contributed by atoms with E-state index in [0.717, 1.165) is 25.8 Å². The fraction of sp³-hybridized carbons (Fsp3) is 0.412. The zero-order valence-corrected chi connectivity index (χ0v) is 12.2. The third-order valence-corrected chi connectivity index (χ3v) is 3.72. The Morgan fingerprint density at radius 2 is 2.25 bits per heavy atom. The van der Waals surface area contributed by atoms with Crippen LogP contribution in [0.5, 0.6) is 0 Å². The third-order valence-electron chi connectivity index (χ3n) is 3.72. The number of aliphatic hydroxyl groups is 1. The van der Waals surface area contributed by atoms with Crippen molar-refractivity contribution in [3.8, 4) is 0 Å². The Hall–Kier alpha value is -1.58. The number of nitrogens with zero attached hydrogens (tertiary/aromatic N) is 1. The number of rotatable bonds is 5. The van der Waals surface area contributed by atoms with Crippen molar-refractivity contribution in [2.75, 3.05) is 19.9 Å². The summed E-state index contributed by atoms with van der Waals surface area (Å²) in [6, 6.07) is 8.81. The molecule has 3 heteroatoms. The van der Waals surface area contributed by atoms with Gasteiger partial charge in [0.05, 0.1) is 19.0 Å². The number of ether oxygens (including phenoxy) is 1. The van der Waals surface area contributed by atoms with Gasteiger partial charge in [0, 0.05) is 13.2 Å². The smallest absolute Gasteiger partial charge is 0.0997 e. The molecule has 1 aliphatic heterocycles. The summed E-state index contributed by atoms with van der Waals surface area (Å²) in [4.78, 5) is 2.35. The van der Waals surface area contributed by atoms with Crippen LogP contribution in [-0.2, 0) is 11.2 Å². The van der Waals surface area contributed by atoms with Crippen molar-refractivity contribution >= 4 is 0 Å². The van der Waals surface area contributed by atoms with E-state index in [4.69, 9.17) is 9.84 Å². The number of allylic oxidation sites excluding steroid dienone is 2. The second-order valence-electron chi connectivity index (χ2n) is 5.04. The maximum atomic E-state index is 8.85. The number of benzene rings is 1. The molecule has 1 aliphatic rings. The summed E-state index contributed by atoms with van der Waals surface area (Å²) in [6.07, 6.45) is 5.77. The van der Waals surface area contributed by atoms with Gasteiger partial charge in [-0.25, -0.2) is 0 Å². The minimum absolute atomic E-state index is 0.225. The van der Waals surface area contributed by atoms with Crippen molar-refractivity contribution in [3.63, 3.8) is 0 Å². The molecule has 0 radical (unpaired) electrons. The Morgan fingerprint density at radius 1 is 1.45 bits per heavy atom. The summed E-state index contributed by atoms with van der Waals surface area (Å²) in [5.41, 5.74) is 3.96. The van der Waals surface area contributed by atoms with E-state index in [2.05, 4.69) is 36.1 Å². The zero-order chi connectivity index (χ0) is 14.4. The standard InChI is InChI=1S/C17H23NO2/c1-3-20-13-18-11-10-15-8-4-5-9-16(15)17(18)14(2)7-6-12-19/h4-9,12,17,19H,3,10-11,13H2,1-2H3/b12-6-,14-7+. The molecule has 0 bridgehead atoms. The monoisotopic (exact) mass is 273 g/mol. The molecule has 1 unspecified atom stereocenters. The van der Waals surface area contributed by atoms with Crippen LogP contribution in [0.4, 0.5) is 0 Å². The van der Waals surface area contributed by atoms with Crippen molar-refractivity contribution in [2.45, 2.75) is 26.3 Å². The first-order chi connectivity index (χ1) is 9.77. The lowest BCUT2D eigenvalue weighted by Gasteiger charge is -2.37. The maximum absolute atomic E-state index is 8.85. The van der Waals surface area contributed by atoms with Crippen molar-refractivity contribution in [3.05, 3.63) is 59.4 Å². The molecule has 3 nitrogen and oxygen atoms in total. The van der Waals surface area contributed by atoms with Crippen LogP contribution in [0.3, 0.4) is 0 Å². The Bertz CT molecular complexity index is 494. The van der Waals surface area contributed by atoms with Gasteiger partial charge in [0.2, 0.25) is 0 Å². The molecule has 1 heterocycles. The van der Waals surface area contributed by atoms with E-state index in [0.29, 0.717) is 6.73 Å². The summed E-state index contributed by atoms with van der Waals surface area (Å²) in [6.45, 7) is 6.49. The van der Waals surface area contributed by atoms with Crippen LogP contribution in [-0.4, -0.2) is 29.9 Å². The van der Waals surface area contributed by atoms with Gasteiger partial charge in [-0.2, -0.15) is 0 Å². The first kappa shape index (κ1) is 14.8. The van der Waals surface area contributed by atoms with Crippen LogP contribution in [0, 0.1) is 0 Å². The van der Waals surface area contributed by atoms with Crippen molar-refractivity contribution in [2.24, 2.45) is 0 Å². The molecule has 0 saturated carbocycles. The highest BCUT2D eigenvalue weighted by Gasteiger charge is 2.27. The minimum atomic E-state index is 0.225. The molecule has 2 rings (SSSR count). The Labute approximate surface area is 121 Å². The summed E-state index contributed by atoms with van der Waals surface area (Å²) < 4.78 is 5.60. The van der Waals surface area contributed by atoms with Crippen molar-refractivity contribution < 1.29 is 9.84 Å². The Balaban J connectivity index is 2.32. The van der Waals surface area contributed by atoms with E-state index in [1.165, 1.54) is 16.7 Å². The van der Waals surface area contributed by atoms with Crippen LogP contribution < -0.4 is 0 Å². The molecule has 0 fully saturated rings. The van der Waals surface area contributed by atoms with Crippen LogP contribution in [0.15, 0.2) is 48.3 Å². The lowest BCUT2D eigenvalue weighted by Crippen LogP contribution is -2.37. The van der Waals surface area contributed by atoms with Crippen LogP contribution in [0.25, 0.3) is 0 Å². The Morgan fingerprint density at radius 3 is 3.00 bits per heavy atom. The predicted molar refractivity (Wildman–Crippen MR) is 81.6 cm³/mol. The summed E-state index contributed by atoms with van der Waals surface area (Å²) in [7, 11) is 0. The van der Waals surface area contributed by atoms with Crippen molar-refractivity contribution in [1.82, 2.24) is 4.90 Å². The largest absolute Gasteiger partial charge is 0.516 e. The molecule has 0 amide bonds. The van der Waals surface area contributed by atoms with Gasteiger partial charge in [-0.15, -0.1) is 0 Å². The lowest BCUT2D eigenvalue weighted by atomic mass is 9.89. The average Bonchev–Trinajstić information content (AvgIpc) is 2.49. The van der Waals surface area contributed by atoms with Crippen LogP contribution in [0.1, 0.15) is 31.0 Å². The molecule has 0 aliphatic carbocycles. The first-order valence-electron chi connectivity index (χ1n) is 7.15. The highest BCUT2D eigenvalue weighted by atomic mass is 16.5. The van der Waals surface area contributed by atoms with Gasteiger partial charge in [0.25, 0.3) is 0 Å². The van der Waals surface area contributed by atoms with Gasteiger partial charge in [-0.3, -0.25) is 4.90 Å². The van der Waals surface area contributed by atoms with E-state index >= 15 is 0 Å². The molecular formula is C17H23NO2. The molecule has 0 aromatic heterocycles. The van der Waals surface area contributed by atoms with Crippen LogP contribution in [0.2, 0.25) is 0 Å². The zero-order valence-electron chi connectivity index (χ0n) is 12.2. The molecule has 108 valence electrons. The van der Waals surface area contributed by atoms with Gasteiger partial charge in [-0.05, 0) is 37.5 Å². The first-order valence-corrected chi connectivity index (χ1v) is 7.15. The Kier molecular flexibility index (Phi) is 5.39. The number of hydrogen-bond acceptors (Lipinski definition) is 3. The number of fused-ring (bicyclic) bond motifs is 1. The molecule has 0 spiro atoms. The van der Waals surface area contributed by atoms with Crippen LogP contribution >= 0.6 is 0 Å². The molecule has 20 heavy (non-hydrogen) atoms. The van der Waals surface area contributed by atoms with Gasteiger partial charge in [0.1, 0.15) is 0 Å². The number of aliphatic hydroxyl groups excluding tert-OH is 1. The van der Waals surface area contributed by atoms with E-state index in [-0.39, 0.29) is 6.04 Å². The van der Waals surface area contributed by atoms with E-state index in [1.54, 1.807) is 6.08 Å². The predicted octanol–water partition coefficient (Wildman–Crippen LogP) is 3.60. The topological polar surface area (TPSA) is 32.7 Å². The molecule has 1 aromatic carbocycles.